The summed E-state index contributed by atoms with van der Waals surface area (Å²) in [5.41, 5.74) is 5.40. The number of rotatable bonds is 7. The maximum atomic E-state index is 13.7. The second kappa shape index (κ2) is 10.0. The van der Waals surface area contributed by atoms with E-state index < -0.39 is 6.04 Å². The summed E-state index contributed by atoms with van der Waals surface area (Å²) in [4.78, 5) is 15.6. The average molecular weight is 457 g/mol. The molecule has 4 nitrogen and oxygen atoms in total. The molecule has 0 aromatic heterocycles. The van der Waals surface area contributed by atoms with E-state index in [0.717, 1.165) is 22.6 Å². The van der Waals surface area contributed by atoms with Crippen LogP contribution in [0.3, 0.4) is 0 Å². The molecule has 5 heteroatoms. The lowest BCUT2D eigenvalue weighted by Gasteiger charge is -2.38. The predicted molar refractivity (Wildman–Crippen MR) is 136 cm³/mol. The average Bonchev–Trinajstić information content (AvgIpc) is 2.84. The molecule has 4 rings (SSSR count). The fourth-order valence-corrected chi connectivity index (χ4v) is 4.51. The van der Waals surface area contributed by atoms with Crippen molar-refractivity contribution in [3.8, 4) is 5.75 Å². The van der Waals surface area contributed by atoms with Crippen LogP contribution in [0.25, 0.3) is 0 Å². The highest BCUT2D eigenvalue weighted by Crippen LogP contribution is 2.37. The van der Waals surface area contributed by atoms with E-state index in [0.29, 0.717) is 29.4 Å². The van der Waals surface area contributed by atoms with Gasteiger partial charge in [-0.15, -0.1) is 0 Å². The number of carbonyl (C=O) groups excluding carboxylic acids is 1. The molecule has 0 saturated carbocycles. The molecule has 0 saturated heterocycles. The summed E-state index contributed by atoms with van der Waals surface area (Å²) in [7, 11) is 0. The van der Waals surface area contributed by atoms with Crippen molar-refractivity contribution in [3.63, 3.8) is 0 Å². The Balaban J connectivity index is 1.73. The first kappa shape index (κ1) is 22.7. The van der Waals surface area contributed by atoms with Crippen LogP contribution in [0.5, 0.6) is 5.75 Å². The van der Waals surface area contributed by atoms with Crippen molar-refractivity contribution in [1.82, 2.24) is 10.2 Å². The van der Waals surface area contributed by atoms with Gasteiger partial charge in [0.2, 0.25) is 0 Å². The van der Waals surface area contributed by atoms with Crippen LogP contribution in [0.15, 0.2) is 90.1 Å². The number of ketones is 1. The molecule has 1 N–H and O–H groups in total. The van der Waals surface area contributed by atoms with Crippen LogP contribution in [0.2, 0.25) is 0 Å². The van der Waals surface area contributed by atoms with E-state index in [1.807, 2.05) is 73.3 Å². The Bertz CT molecular complexity index is 1190. The molecule has 0 spiro atoms. The van der Waals surface area contributed by atoms with Gasteiger partial charge in [-0.05, 0) is 44.6 Å². The molecule has 0 radical (unpaired) electrons. The quantitative estimate of drug-likeness (QED) is 0.350. The lowest BCUT2D eigenvalue weighted by atomic mass is 9.88. The summed E-state index contributed by atoms with van der Waals surface area (Å²) >= 11 is 5.66. The van der Waals surface area contributed by atoms with Gasteiger partial charge in [0.15, 0.2) is 10.9 Å². The highest BCUT2D eigenvalue weighted by Gasteiger charge is 2.35. The Kier molecular flexibility index (Phi) is 6.90. The molecule has 1 unspecified atom stereocenters. The number of thiocarbonyl (C=S) groups is 1. The number of Topliss-reactive ketones (excluding diaryl/α,β-unsaturated/α-hetero) is 1. The van der Waals surface area contributed by atoms with Crippen molar-refractivity contribution in [1.29, 1.82) is 0 Å². The summed E-state index contributed by atoms with van der Waals surface area (Å²) in [6.07, 6.45) is 0. The number of allylic oxidation sites excluding steroid dienone is 1. The van der Waals surface area contributed by atoms with E-state index in [-0.39, 0.29) is 5.78 Å². The molecule has 0 amide bonds. The van der Waals surface area contributed by atoms with Gasteiger partial charge in [0, 0.05) is 28.9 Å². The van der Waals surface area contributed by atoms with Crippen molar-refractivity contribution in [3.05, 3.63) is 112 Å². The number of para-hydroxylation sites is 1. The summed E-state index contributed by atoms with van der Waals surface area (Å²) < 4.78 is 6.24. The van der Waals surface area contributed by atoms with Gasteiger partial charge in [-0.1, -0.05) is 78.4 Å². The molecule has 1 aliphatic rings. The number of carbonyl (C=O) groups is 1. The SMILES string of the molecule is CCN1C(=S)NC(c2ccccc2OCc2ccc(C)cc2)C(C(=O)c2ccccc2)=C1C. The van der Waals surface area contributed by atoms with Crippen molar-refractivity contribution in [2.45, 2.75) is 33.4 Å². The summed E-state index contributed by atoms with van der Waals surface area (Å²) in [6.45, 7) is 7.19. The second-order valence-corrected chi connectivity index (χ2v) is 8.52. The molecule has 0 bridgehead atoms. The van der Waals surface area contributed by atoms with Crippen molar-refractivity contribution < 1.29 is 9.53 Å². The third kappa shape index (κ3) is 4.83. The van der Waals surface area contributed by atoms with Crippen LogP contribution >= 0.6 is 12.2 Å². The van der Waals surface area contributed by atoms with Crippen LogP contribution in [-0.2, 0) is 6.61 Å². The second-order valence-electron chi connectivity index (χ2n) is 8.13. The zero-order chi connectivity index (χ0) is 23.4. The highest BCUT2D eigenvalue weighted by atomic mass is 32.1. The van der Waals surface area contributed by atoms with E-state index in [4.69, 9.17) is 17.0 Å². The van der Waals surface area contributed by atoms with E-state index in [9.17, 15) is 4.79 Å². The molecule has 0 aliphatic carbocycles. The maximum absolute atomic E-state index is 13.7. The van der Waals surface area contributed by atoms with Gasteiger partial charge in [-0.2, -0.15) is 0 Å². The molecule has 168 valence electrons. The Morgan fingerprint density at radius 2 is 1.64 bits per heavy atom. The third-order valence-electron chi connectivity index (χ3n) is 5.94. The Hall–Kier alpha value is -3.44. The number of ether oxygens (including phenoxy) is 1. The van der Waals surface area contributed by atoms with E-state index in [1.54, 1.807) is 0 Å². The number of hydrogen-bond acceptors (Lipinski definition) is 3. The van der Waals surface area contributed by atoms with Crippen LogP contribution in [-0.4, -0.2) is 22.3 Å². The van der Waals surface area contributed by atoms with Crippen LogP contribution in [0.4, 0.5) is 0 Å². The molecule has 1 aliphatic heterocycles. The number of aryl methyl sites for hydroxylation is 1. The van der Waals surface area contributed by atoms with Gasteiger partial charge >= 0.3 is 0 Å². The molecular weight excluding hydrogens is 428 g/mol. The first-order valence-corrected chi connectivity index (χ1v) is 11.6. The smallest absolute Gasteiger partial charge is 0.193 e. The first-order valence-electron chi connectivity index (χ1n) is 11.2. The van der Waals surface area contributed by atoms with Gasteiger partial charge < -0.3 is 15.0 Å². The topological polar surface area (TPSA) is 41.6 Å². The number of benzene rings is 3. The molecule has 3 aromatic rings. The predicted octanol–water partition coefficient (Wildman–Crippen LogP) is 5.98. The molecule has 0 fully saturated rings. The summed E-state index contributed by atoms with van der Waals surface area (Å²) in [5.74, 6) is 0.717. The van der Waals surface area contributed by atoms with Crippen molar-refractivity contribution in [2.75, 3.05) is 6.54 Å². The minimum absolute atomic E-state index is 0.0140. The van der Waals surface area contributed by atoms with Crippen molar-refractivity contribution >= 4 is 23.1 Å². The largest absolute Gasteiger partial charge is 0.489 e. The summed E-state index contributed by atoms with van der Waals surface area (Å²) in [5, 5.41) is 4.02. The first-order chi connectivity index (χ1) is 16.0. The van der Waals surface area contributed by atoms with E-state index >= 15 is 0 Å². The minimum atomic E-state index is -0.401. The lowest BCUT2D eigenvalue weighted by Crippen LogP contribution is -2.47. The number of hydrogen-bond donors (Lipinski definition) is 1. The number of nitrogens with one attached hydrogen (secondary N) is 1. The highest BCUT2D eigenvalue weighted by molar-refractivity contribution is 7.80. The Morgan fingerprint density at radius 1 is 0.970 bits per heavy atom. The fourth-order valence-electron chi connectivity index (χ4n) is 4.13. The Morgan fingerprint density at radius 3 is 2.33 bits per heavy atom. The van der Waals surface area contributed by atoms with Gasteiger partial charge in [0.25, 0.3) is 0 Å². The van der Waals surface area contributed by atoms with Crippen LogP contribution < -0.4 is 10.1 Å². The molecule has 1 heterocycles. The minimum Gasteiger partial charge on any atom is -0.489 e. The molecule has 3 aromatic carbocycles. The lowest BCUT2D eigenvalue weighted by molar-refractivity contribution is 0.102. The zero-order valence-electron chi connectivity index (χ0n) is 19.2. The maximum Gasteiger partial charge on any atom is 0.193 e. The summed E-state index contributed by atoms with van der Waals surface area (Å²) in [6, 6.07) is 25.1. The van der Waals surface area contributed by atoms with E-state index in [1.165, 1.54) is 5.56 Å². The van der Waals surface area contributed by atoms with Crippen molar-refractivity contribution in [2.24, 2.45) is 0 Å². The zero-order valence-corrected chi connectivity index (χ0v) is 20.0. The van der Waals surface area contributed by atoms with E-state index in [2.05, 4.69) is 36.5 Å². The van der Waals surface area contributed by atoms with Gasteiger partial charge in [0.05, 0.1) is 6.04 Å². The monoisotopic (exact) mass is 456 g/mol. The standard InChI is InChI=1S/C28H28N2O2S/c1-4-30-20(3)25(27(31)22-10-6-5-7-11-22)26(29-28(30)33)23-12-8-9-13-24(23)32-18-21-16-14-19(2)15-17-21/h5-17,26H,4,18H2,1-3H3,(H,29,33). The normalized spacial score (nSPS) is 15.9. The molecule has 33 heavy (non-hydrogen) atoms. The number of nitrogens with zero attached hydrogens (tertiary/aromatic N) is 1. The van der Waals surface area contributed by atoms with Crippen LogP contribution in [0.1, 0.15) is 46.9 Å². The third-order valence-corrected chi connectivity index (χ3v) is 6.28. The molecule has 1 atom stereocenters. The van der Waals surface area contributed by atoms with Crippen LogP contribution in [0, 0.1) is 6.92 Å². The van der Waals surface area contributed by atoms with Gasteiger partial charge in [-0.25, -0.2) is 0 Å². The Labute approximate surface area is 200 Å². The molecular formula is C28H28N2O2S. The van der Waals surface area contributed by atoms with Gasteiger partial charge in [-0.3, -0.25) is 4.79 Å². The van der Waals surface area contributed by atoms with Gasteiger partial charge in [0.1, 0.15) is 12.4 Å². The fraction of sp³-hybridized carbons (Fsp3) is 0.214.